The van der Waals surface area contributed by atoms with E-state index >= 15 is 0 Å². The molecule has 0 bridgehead atoms. The van der Waals surface area contributed by atoms with E-state index in [1.165, 1.54) is 25.2 Å². The number of carbonyl (C=O) groups is 1. The highest BCUT2D eigenvalue weighted by molar-refractivity contribution is 5.69. The first-order valence-corrected chi connectivity index (χ1v) is 8.33. The van der Waals surface area contributed by atoms with Crippen LogP contribution in [0.25, 0.3) is 0 Å². The zero-order chi connectivity index (χ0) is 21.0. The zero-order valence-electron chi connectivity index (χ0n) is 15.5. The van der Waals surface area contributed by atoms with Crippen LogP contribution in [0.1, 0.15) is 0 Å². The molecule has 0 saturated carbocycles. The minimum Gasteiger partial charge on any atom is -0.483 e. The van der Waals surface area contributed by atoms with Crippen LogP contribution in [0.5, 0.6) is 5.75 Å². The maximum Gasteiger partial charge on any atom is 0.231 e. The first-order chi connectivity index (χ1) is 13.9. The number of nitrogens with two attached hydrogens (primary N) is 1. The molecule has 2 heterocycles. The van der Waals surface area contributed by atoms with Crippen LogP contribution in [-0.2, 0) is 9.53 Å². The third-order valence-corrected chi connectivity index (χ3v) is 3.78. The summed E-state index contributed by atoms with van der Waals surface area (Å²) in [5.74, 6) is -1.75. The smallest absolute Gasteiger partial charge is 0.231 e. The number of carbonyl (C=O) groups excluding carboxylic acids is 1. The molecule has 3 rings (SSSR count). The number of aromatic nitrogens is 2. The second-order valence-corrected chi connectivity index (χ2v) is 6.01. The molecule has 1 aromatic heterocycles. The molecule has 1 fully saturated rings. The average molecular weight is 408 g/mol. The van der Waals surface area contributed by atoms with Gasteiger partial charge >= 0.3 is 0 Å². The molecule has 13 heteroatoms. The van der Waals surface area contributed by atoms with E-state index in [-0.39, 0.29) is 29.3 Å². The van der Waals surface area contributed by atoms with Gasteiger partial charge in [0.15, 0.2) is 17.5 Å². The van der Waals surface area contributed by atoms with Crippen LogP contribution >= 0.6 is 0 Å². The molecular weight excluding hydrogens is 390 g/mol. The Morgan fingerprint density at radius 1 is 1.31 bits per heavy atom. The molecule has 0 aliphatic carbocycles. The summed E-state index contributed by atoms with van der Waals surface area (Å²) < 4.78 is 38.7. The van der Waals surface area contributed by atoms with Crippen molar-refractivity contribution in [2.75, 3.05) is 43.4 Å². The quantitative estimate of drug-likeness (QED) is 0.383. The average Bonchev–Trinajstić information content (AvgIpc) is 2.67. The maximum atomic E-state index is 14.6. The predicted octanol–water partition coefficient (Wildman–Crippen LogP) is 1.66. The lowest BCUT2D eigenvalue weighted by molar-refractivity contribution is -0.117. The van der Waals surface area contributed by atoms with Gasteiger partial charge < -0.3 is 20.5 Å². The Bertz CT molecular complexity index is 925. The summed E-state index contributed by atoms with van der Waals surface area (Å²) >= 11 is 0. The van der Waals surface area contributed by atoms with Crippen molar-refractivity contribution in [1.82, 2.24) is 15.0 Å². The molecular formula is C16H18F2N8O3. The first-order valence-electron chi connectivity index (χ1n) is 8.33. The lowest BCUT2D eigenvalue weighted by Crippen LogP contribution is -2.38. The van der Waals surface area contributed by atoms with E-state index in [4.69, 9.17) is 15.2 Å². The second kappa shape index (κ2) is 8.60. The number of nitrogens with one attached hydrogen (secondary N) is 1. The van der Waals surface area contributed by atoms with Crippen LogP contribution in [0, 0.1) is 11.6 Å². The van der Waals surface area contributed by atoms with Crippen LogP contribution in [0.4, 0.5) is 31.9 Å². The Balaban J connectivity index is 1.93. The van der Waals surface area contributed by atoms with Gasteiger partial charge in [-0.25, -0.2) is 23.8 Å². The minimum atomic E-state index is -0.789. The van der Waals surface area contributed by atoms with E-state index in [0.717, 1.165) is 17.3 Å². The lowest BCUT2D eigenvalue weighted by Gasteiger charge is -2.28. The molecule has 0 spiro atoms. The van der Waals surface area contributed by atoms with Gasteiger partial charge in [-0.2, -0.15) is 4.98 Å². The summed E-state index contributed by atoms with van der Waals surface area (Å²) in [5.41, 5.74) is 5.71. The first kappa shape index (κ1) is 20.1. The van der Waals surface area contributed by atoms with Crippen LogP contribution in [0.15, 0.2) is 28.8 Å². The van der Waals surface area contributed by atoms with Crippen molar-refractivity contribution in [3.8, 4) is 5.75 Å². The van der Waals surface area contributed by atoms with Crippen molar-refractivity contribution in [3.63, 3.8) is 0 Å². The summed E-state index contributed by atoms with van der Waals surface area (Å²) in [6.07, 6.45) is 1.11. The summed E-state index contributed by atoms with van der Waals surface area (Å²) in [6.45, 7) is 0.756. The molecule has 3 N–H and O–H groups in total. The molecule has 1 aliphatic heterocycles. The Morgan fingerprint density at radius 3 is 2.69 bits per heavy atom. The summed E-state index contributed by atoms with van der Waals surface area (Å²) in [6, 6.07) is 2.53. The molecule has 0 unspecified atom stereocenters. The number of nitrogens with zero attached hydrogens (tertiary/aromatic N) is 6. The van der Waals surface area contributed by atoms with Crippen LogP contribution in [-0.4, -0.2) is 54.8 Å². The van der Waals surface area contributed by atoms with Gasteiger partial charge in [0.05, 0.1) is 25.1 Å². The number of benzene rings is 1. The third kappa shape index (κ3) is 4.82. The topological polar surface area (TPSA) is 131 Å². The largest absolute Gasteiger partial charge is 0.483 e. The Labute approximate surface area is 164 Å². The van der Waals surface area contributed by atoms with Gasteiger partial charge in [0.25, 0.3) is 0 Å². The van der Waals surface area contributed by atoms with Gasteiger partial charge in [0.1, 0.15) is 17.5 Å². The summed E-state index contributed by atoms with van der Waals surface area (Å²) in [4.78, 5) is 18.1. The van der Waals surface area contributed by atoms with Crippen molar-refractivity contribution >= 4 is 29.6 Å². The van der Waals surface area contributed by atoms with Crippen molar-refractivity contribution < 1.29 is 23.0 Å². The molecule has 1 aromatic carbocycles. The van der Waals surface area contributed by atoms with Crippen LogP contribution in [0.3, 0.4) is 0 Å². The Morgan fingerprint density at radius 2 is 2.07 bits per heavy atom. The van der Waals surface area contributed by atoms with Crippen LogP contribution in [0.2, 0.25) is 0 Å². The number of nitrogen functional groups attached to an aromatic ring is 1. The molecule has 0 radical (unpaired) electrons. The molecule has 29 heavy (non-hydrogen) atoms. The van der Waals surface area contributed by atoms with E-state index < -0.39 is 11.6 Å². The Hall–Kier alpha value is -3.61. The normalized spacial score (nSPS) is 13.8. The van der Waals surface area contributed by atoms with Gasteiger partial charge in [-0.3, -0.25) is 4.79 Å². The monoisotopic (exact) mass is 408 g/mol. The predicted molar refractivity (Wildman–Crippen MR) is 98.4 cm³/mol. The standard InChI is InChI=1S/C16H18F2N8O3/c1-25(8-27)23-24-26(2)13-4-12(21-16-20-5-11(18)15(19)22-16)10(17)3-14(13)29-9-6-28-7-9/h3-5,8-9H,6-7H2,1-2H3,(H3,19,20,21,22)/b24-23-. The molecule has 11 nitrogen and oxygen atoms in total. The van der Waals surface area contributed by atoms with E-state index in [1.807, 2.05) is 0 Å². The molecule has 2 aromatic rings. The van der Waals surface area contributed by atoms with Crippen molar-refractivity contribution in [3.05, 3.63) is 30.0 Å². The van der Waals surface area contributed by atoms with E-state index in [1.54, 1.807) is 0 Å². The van der Waals surface area contributed by atoms with Gasteiger partial charge in [0, 0.05) is 20.2 Å². The number of amides is 1. The molecule has 1 amide bonds. The fourth-order valence-electron chi connectivity index (χ4n) is 2.20. The van der Waals surface area contributed by atoms with Crippen molar-refractivity contribution in [2.24, 2.45) is 10.4 Å². The number of rotatable bonds is 8. The number of halogens is 2. The van der Waals surface area contributed by atoms with Gasteiger partial charge in [-0.05, 0) is 16.5 Å². The number of anilines is 4. The van der Waals surface area contributed by atoms with Gasteiger partial charge in [0.2, 0.25) is 12.4 Å². The zero-order valence-corrected chi connectivity index (χ0v) is 15.5. The number of hydrogen-bond acceptors (Lipinski definition) is 9. The van der Waals surface area contributed by atoms with Crippen molar-refractivity contribution in [2.45, 2.75) is 6.10 Å². The fourth-order valence-corrected chi connectivity index (χ4v) is 2.20. The summed E-state index contributed by atoms with van der Waals surface area (Å²) in [5, 5.41) is 12.4. The molecule has 1 aliphatic rings. The van der Waals surface area contributed by atoms with Crippen molar-refractivity contribution in [1.29, 1.82) is 0 Å². The van der Waals surface area contributed by atoms with Gasteiger partial charge in [-0.1, -0.05) is 0 Å². The summed E-state index contributed by atoms with van der Waals surface area (Å²) in [7, 11) is 2.94. The highest BCUT2D eigenvalue weighted by Gasteiger charge is 2.24. The molecule has 154 valence electrons. The third-order valence-electron chi connectivity index (χ3n) is 3.78. The van der Waals surface area contributed by atoms with E-state index in [0.29, 0.717) is 25.3 Å². The fraction of sp³-hybridized carbons (Fsp3) is 0.312. The highest BCUT2D eigenvalue weighted by atomic mass is 19.1. The van der Waals surface area contributed by atoms with Crippen LogP contribution < -0.4 is 20.8 Å². The Kier molecular flexibility index (Phi) is 5.97. The van der Waals surface area contributed by atoms with Gasteiger partial charge in [-0.15, -0.1) is 0 Å². The minimum absolute atomic E-state index is 0.0333. The lowest BCUT2D eigenvalue weighted by atomic mass is 10.2. The van der Waals surface area contributed by atoms with E-state index in [9.17, 15) is 13.6 Å². The highest BCUT2D eigenvalue weighted by Crippen LogP contribution is 2.35. The number of ether oxygens (including phenoxy) is 2. The maximum absolute atomic E-state index is 14.6. The molecule has 0 atom stereocenters. The number of hydrogen-bond donors (Lipinski definition) is 2. The second-order valence-electron chi connectivity index (χ2n) is 6.01. The van der Waals surface area contributed by atoms with E-state index in [2.05, 4.69) is 25.7 Å². The molecule has 1 saturated heterocycles. The SMILES string of the molecule is CN(C=O)/N=N\N(C)c1cc(Nc2ncc(F)c(N)n2)c(F)cc1OC1COC1.